The summed E-state index contributed by atoms with van der Waals surface area (Å²) in [5.74, 6) is 1.14. The molecule has 1 aliphatic rings. The van der Waals surface area contributed by atoms with Crippen LogP contribution < -0.4 is 10.6 Å². The highest BCUT2D eigenvalue weighted by molar-refractivity contribution is 5.90. The van der Waals surface area contributed by atoms with E-state index in [4.69, 9.17) is 0 Å². The van der Waals surface area contributed by atoms with Gasteiger partial charge in [0.15, 0.2) is 5.96 Å². The minimum atomic E-state index is 0.478. The van der Waals surface area contributed by atoms with Gasteiger partial charge in [-0.25, -0.2) is 0 Å². The average Bonchev–Trinajstić information content (AvgIpc) is 2.49. The number of nitrogens with zero attached hydrogens (tertiary/aromatic N) is 3. The molecule has 0 saturated heterocycles. The molecule has 0 spiro atoms. The predicted molar refractivity (Wildman–Crippen MR) is 83.9 cm³/mol. The first-order valence-corrected chi connectivity index (χ1v) is 6.92. The van der Waals surface area contributed by atoms with Crippen LogP contribution in [0.1, 0.15) is 26.5 Å². The summed E-state index contributed by atoms with van der Waals surface area (Å²) >= 11 is 0. The number of aromatic nitrogens is 1. The zero-order valence-corrected chi connectivity index (χ0v) is 12.5. The van der Waals surface area contributed by atoms with E-state index in [0.29, 0.717) is 23.1 Å². The average molecular weight is 281 g/mol. The van der Waals surface area contributed by atoms with Gasteiger partial charge in [-0.3, -0.25) is 9.98 Å². The second-order valence-corrected chi connectivity index (χ2v) is 5.26. The van der Waals surface area contributed by atoms with Crippen molar-refractivity contribution in [3.63, 3.8) is 0 Å². The summed E-state index contributed by atoms with van der Waals surface area (Å²) in [6.07, 6.45) is 3.53. The van der Waals surface area contributed by atoms with E-state index in [9.17, 15) is 5.26 Å². The molecule has 0 fully saturated rings. The van der Waals surface area contributed by atoms with E-state index in [1.54, 1.807) is 6.20 Å². The highest BCUT2D eigenvalue weighted by Crippen LogP contribution is 2.20. The Morgan fingerprint density at radius 2 is 2.24 bits per heavy atom. The van der Waals surface area contributed by atoms with Crippen LogP contribution in [0.25, 0.3) is 5.57 Å². The Morgan fingerprint density at radius 1 is 1.43 bits per heavy atom. The van der Waals surface area contributed by atoms with Crippen molar-refractivity contribution in [3.8, 4) is 6.07 Å². The van der Waals surface area contributed by atoms with Gasteiger partial charge in [-0.15, -0.1) is 0 Å². The Labute approximate surface area is 125 Å². The monoisotopic (exact) mass is 281 g/mol. The van der Waals surface area contributed by atoms with Crippen molar-refractivity contribution in [2.75, 3.05) is 6.54 Å². The van der Waals surface area contributed by atoms with Crippen molar-refractivity contribution in [1.82, 2.24) is 15.6 Å². The molecule has 1 aromatic rings. The highest BCUT2D eigenvalue weighted by Gasteiger charge is 2.17. The largest absolute Gasteiger partial charge is 0.332 e. The molecule has 0 radical (unpaired) electrons. The van der Waals surface area contributed by atoms with Crippen molar-refractivity contribution in [1.29, 1.82) is 5.26 Å². The Kier molecular flexibility index (Phi) is 4.72. The molecule has 0 aliphatic carbocycles. The second-order valence-electron chi connectivity index (χ2n) is 5.26. The van der Waals surface area contributed by atoms with Crippen LogP contribution in [-0.4, -0.2) is 17.5 Å². The van der Waals surface area contributed by atoms with Gasteiger partial charge in [-0.05, 0) is 30.5 Å². The number of rotatable bonds is 3. The summed E-state index contributed by atoms with van der Waals surface area (Å²) in [4.78, 5) is 8.71. The molecule has 5 heteroatoms. The second kappa shape index (κ2) is 6.71. The van der Waals surface area contributed by atoms with Crippen LogP contribution in [0.2, 0.25) is 0 Å². The van der Waals surface area contributed by atoms with Crippen molar-refractivity contribution < 1.29 is 0 Å². The zero-order valence-electron chi connectivity index (χ0n) is 12.5. The Bertz CT molecular complexity index is 632. The maximum atomic E-state index is 9.48. The van der Waals surface area contributed by atoms with Crippen LogP contribution in [0.3, 0.4) is 0 Å². The predicted octanol–water partition coefficient (Wildman–Crippen LogP) is 2.42. The number of hydrogen-bond acceptors (Lipinski definition) is 3. The van der Waals surface area contributed by atoms with Gasteiger partial charge in [0.2, 0.25) is 0 Å². The van der Waals surface area contributed by atoms with Crippen molar-refractivity contribution in [2.24, 2.45) is 10.9 Å². The van der Waals surface area contributed by atoms with E-state index in [-0.39, 0.29) is 0 Å². The third kappa shape index (κ3) is 3.69. The molecule has 1 aliphatic heterocycles. The number of pyridine rings is 1. The van der Waals surface area contributed by atoms with Crippen LogP contribution in [0.4, 0.5) is 0 Å². The van der Waals surface area contributed by atoms with Crippen LogP contribution in [0.15, 0.2) is 46.9 Å². The van der Waals surface area contributed by atoms with E-state index < -0.39 is 0 Å². The number of nitrogens with one attached hydrogen (secondary N) is 2. The minimum absolute atomic E-state index is 0.478. The Balaban J connectivity index is 2.38. The first-order chi connectivity index (χ1) is 10.1. The number of nitriles is 1. The van der Waals surface area contributed by atoms with E-state index in [2.05, 4.69) is 40.5 Å². The highest BCUT2D eigenvalue weighted by atomic mass is 15.2. The first-order valence-electron chi connectivity index (χ1n) is 6.92. The Morgan fingerprint density at radius 3 is 2.86 bits per heavy atom. The molecule has 1 aromatic heterocycles. The zero-order chi connectivity index (χ0) is 15.2. The van der Waals surface area contributed by atoms with Gasteiger partial charge in [-0.2, -0.15) is 5.26 Å². The van der Waals surface area contributed by atoms with E-state index >= 15 is 0 Å². The maximum absolute atomic E-state index is 9.48. The first kappa shape index (κ1) is 14.8. The molecule has 2 N–H and O–H groups in total. The van der Waals surface area contributed by atoms with Crippen LogP contribution in [0.5, 0.6) is 0 Å². The smallest absolute Gasteiger partial charge is 0.199 e. The molecule has 5 nitrogen and oxygen atoms in total. The number of aliphatic imine (C=N–C) groups is 1. The van der Waals surface area contributed by atoms with Crippen molar-refractivity contribution in [3.05, 3.63) is 47.6 Å². The molecule has 108 valence electrons. The summed E-state index contributed by atoms with van der Waals surface area (Å²) in [7, 11) is 0. The summed E-state index contributed by atoms with van der Waals surface area (Å²) in [6, 6.07) is 7.76. The fraction of sp³-hybridized carbons (Fsp3) is 0.312. The van der Waals surface area contributed by atoms with Crippen LogP contribution >= 0.6 is 0 Å². The molecule has 0 atom stereocenters. The summed E-state index contributed by atoms with van der Waals surface area (Å²) in [5.41, 5.74) is 2.86. The maximum Gasteiger partial charge on any atom is 0.199 e. The van der Waals surface area contributed by atoms with E-state index in [1.165, 1.54) is 0 Å². The lowest BCUT2D eigenvalue weighted by molar-refractivity contribution is 0.661. The molecule has 2 rings (SSSR count). The molecule has 21 heavy (non-hydrogen) atoms. The molecular formula is C16H19N5. The number of guanidine groups is 1. The molecule has 0 aromatic carbocycles. The van der Waals surface area contributed by atoms with Crippen molar-refractivity contribution >= 4 is 11.5 Å². The van der Waals surface area contributed by atoms with E-state index in [0.717, 1.165) is 17.8 Å². The quantitative estimate of drug-likeness (QED) is 0.835. The molecular weight excluding hydrogens is 262 g/mol. The van der Waals surface area contributed by atoms with Gasteiger partial charge in [0.25, 0.3) is 0 Å². The Hall–Kier alpha value is -2.61. The summed E-state index contributed by atoms with van der Waals surface area (Å²) in [5, 5.41) is 15.8. The van der Waals surface area contributed by atoms with Gasteiger partial charge in [-0.1, -0.05) is 19.9 Å². The van der Waals surface area contributed by atoms with E-state index in [1.807, 2.05) is 31.3 Å². The normalized spacial score (nSPS) is 18.6. The molecule has 0 amide bonds. The molecule has 0 unspecified atom stereocenters. The van der Waals surface area contributed by atoms with Gasteiger partial charge in [0.05, 0.1) is 11.4 Å². The van der Waals surface area contributed by atoms with Gasteiger partial charge >= 0.3 is 0 Å². The number of allylic oxidation sites excluding steroid dienone is 2. The van der Waals surface area contributed by atoms with Crippen LogP contribution in [0, 0.1) is 17.2 Å². The molecule has 2 heterocycles. The molecule has 0 saturated carbocycles. The van der Waals surface area contributed by atoms with Gasteiger partial charge < -0.3 is 10.6 Å². The van der Waals surface area contributed by atoms with Crippen LogP contribution in [-0.2, 0) is 0 Å². The third-order valence-corrected chi connectivity index (χ3v) is 2.96. The van der Waals surface area contributed by atoms with Crippen molar-refractivity contribution in [2.45, 2.75) is 20.8 Å². The molecule has 0 bridgehead atoms. The van der Waals surface area contributed by atoms with Gasteiger partial charge in [0.1, 0.15) is 11.6 Å². The summed E-state index contributed by atoms with van der Waals surface area (Å²) < 4.78 is 0. The lowest BCUT2D eigenvalue weighted by Crippen LogP contribution is -2.39. The SMILES string of the molecule is CC1=CNC(=NCC(C)C)N/C1=C(/C#N)c1ccccn1. The number of hydrogen-bond donors (Lipinski definition) is 2. The van der Waals surface area contributed by atoms with Gasteiger partial charge in [0, 0.05) is 18.9 Å². The lowest BCUT2D eigenvalue weighted by atomic mass is 10.1. The summed E-state index contributed by atoms with van der Waals surface area (Å²) in [6.45, 7) is 6.88. The third-order valence-electron chi connectivity index (χ3n) is 2.96. The topological polar surface area (TPSA) is 73.1 Å². The fourth-order valence-electron chi connectivity index (χ4n) is 1.87. The minimum Gasteiger partial charge on any atom is -0.332 e. The fourth-order valence-corrected chi connectivity index (χ4v) is 1.87. The standard InChI is InChI=1S/C16H19N5/c1-11(2)9-19-16-20-10-12(3)15(21-16)13(8-17)14-6-4-5-7-18-14/h4-7,10-11H,9H2,1-3H3,(H2,19,20,21)/b15-13-. The lowest BCUT2D eigenvalue weighted by Gasteiger charge is -2.21.